The molecule has 1 heterocycles. The second kappa shape index (κ2) is 11.5. The summed E-state index contributed by atoms with van der Waals surface area (Å²) in [6, 6.07) is 24.9. The number of alkyl carbamates (subject to hydrolysis) is 1. The Kier molecular flexibility index (Phi) is 7.89. The summed E-state index contributed by atoms with van der Waals surface area (Å²) in [6.45, 7) is 10.1. The lowest BCUT2D eigenvalue weighted by Crippen LogP contribution is -2.49. The SMILES string of the molecule is CC(C)(C)OC(=O)N1CCN(Cc2ccc(CNC(=O)OCC3c4ccccc4-c4ccccc43)cc2)CC1. The Morgan fingerprint density at radius 2 is 1.38 bits per heavy atom. The predicted molar refractivity (Wildman–Crippen MR) is 151 cm³/mol. The van der Waals surface area contributed by atoms with E-state index in [4.69, 9.17) is 9.47 Å². The highest BCUT2D eigenvalue weighted by Crippen LogP contribution is 2.44. The number of nitrogens with zero attached hydrogens (tertiary/aromatic N) is 2. The van der Waals surface area contributed by atoms with Crippen LogP contribution in [0.4, 0.5) is 9.59 Å². The average Bonchev–Trinajstić information content (AvgIpc) is 3.24. The molecule has 2 amide bonds. The van der Waals surface area contributed by atoms with E-state index in [0.29, 0.717) is 26.2 Å². The number of fused-ring (bicyclic) bond motifs is 3. The van der Waals surface area contributed by atoms with Gasteiger partial charge in [0.15, 0.2) is 0 Å². The minimum absolute atomic E-state index is 0.0495. The molecule has 0 unspecified atom stereocenters. The number of piperazine rings is 1. The molecular formula is C32H37N3O4. The third-order valence-electron chi connectivity index (χ3n) is 7.23. The molecule has 0 saturated carbocycles. The van der Waals surface area contributed by atoms with Crippen molar-refractivity contribution in [2.75, 3.05) is 32.8 Å². The van der Waals surface area contributed by atoms with Gasteiger partial charge in [0.05, 0.1) is 0 Å². The van der Waals surface area contributed by atoms with Crippen LogP contribution in [0.5, 0.6) is 0 Å². The largest absolute Gasteiger partial charge is 0.449 e. The van der Waals surface area contributed by atoms with Gasteiger partial charge in [-0.3, -0.25) is 4.90 Å². The second-order valence-electron chi connectivity index (χ2n) is 11.2. The fraction of sp³-hybridized carbons (Fsp3) is 0.375. The van der Waals surface area contributed by atoms with Gasteiger partial charge < -0.3 is 19.7 Å². The monoisotopic (exact) mass is 527 g/mol. The highest BCUT2D eigenvalue weighted by atomic mass is 16.6. The van der Waals surface area contributed by atoms with Crippen molar-refractivity contribution in [2.45, 2.75) is 45.4 Å². The maximum atomic E-state index is 12.5. The van der Waals surface area contributed by atoms with Gasteiger partial charge in [0.2, 0.25) is 0 Å². The van der Waals surface area contributed by atoms with Crippen LogP contribution in [-0.4, -0.2) is 60.4 Å². The zero-order valence-electron chi connectivity index (χ0n) is 23.0. The van der Waals surface area contributed by atoms with Crippen molar-refractivity contribution in [1.82, 2.24) is 15.1 Å². The average molecular weight is 528 g/mol. The van der Waals surface area contributed by atoms with Gasteiger partial charge in [-0.25, -0.2) is 9.59 Å². The van der Waals surface area contributed by atoms with Crippen LogP contribution in [0.25, 0.3) is 11.1 Å². The maximum absolute atomic E-state index is 12.5. The number of nitrogens with one attached hydrogen (secondary N) is 1. The summed E-state index contributed by atoms with van der Waals surface area (Å²) in [5.74, 6) is 0.0495. The third-order valence-corrected chi connectivity index (χ3v) is 7.23. The molecular weight excluding hydrogens is 490 g/mol. The molecule has 1 N–H and O–H groups in total. The molecule has 1 saturated heterocycles. The number of hydrogen-bond donors (Lipinski definition) is 1. The lowest BCUT2D eigenvalue weighted by atomic mass is 9.98. The van der Waals surface area contributed by atoms with Crippen LogP contribution in [0, 0.1) is 0 Å². The zero-order chi connectivity index (χ0) is 27.4. The van der Waals surface area contributed by atoms with Crippen molar-refractivity contribution >= 4 is 12.2 Å². The van der Waals surface area contributed by atoms with Gasteiger partial charge in [-0.05, 0) is 54.2 Å². The molecule has 204 valence electrons. The molecule has 39 heavy (non-hydrogen) atoms. The molecule has 1 fully saturated rings. The van der Waals surface area contributed by atoms with Gasteiger partial charge in [0, 0.05) is 45.2 Å². The Morgan fingerprint density at radius 3 is 1.97 bits per heavy atom. The number of amides is 2. The minimum Gasteiger partial charge on any atom is -0.449 e. The fourth-order valence-electron chi connectivity index (χ4n) is 5.26. The van der Waals surface area contributed by atoms with Crippen LogP contribution in [0.3, 0.4) is 0 Å². The normalized spacial score (nSPS) is 15.4. The summed E-state index contributed by atoms with van der Waals surface area (Å²) in [4.78, 5) is 28.9. The maximum Gasteiger partial charge on any atom is 0.410 e. The first-order chi connectivity index (χ1) is 18.8. The molecule has 7 heteroatoms. The number of benzene rings is 3. The quantitative estimate of drug-likeness (QED) is 0.440. The van der Waals surface area contributed by atoms with Gasteiger partial charge in [-0.15, -0.1) is 0 Å². The summed E-state index contributed by atoms with van der Waals surface area (Å²) in [5.41, 5.74) is 6.57. The summed E-state index contributed by atoms with van der Waals surface area (Å²) < 4.78 is 11.1. The highest BCUT2D eigenvalue weighted by molar-refractivity contribution is 5.79. The molecule has 0 bridgehead atoms. The van der Waals surface area contributed by atoms with Gasteiger partial charge in [0.1, 0.15) is 12.2 Å². The summed E-state index contributed by atoms with van der Waals surface area (Å²) in [6.07, 6.45) is -0.654. The molecule has 3 aromatic carbocycles. The first kappa shape index (κ1) is 26.8. The van der Waals surface area contributed by atoms with Crippen LogP contribution in [-0.2, 0) is 22.6 Å². The van der Waals surface area contributed by atoms with E-state index >= 15 is 0 Å². The Bertz CT molecular complexity index is 1260. The van der Waals surface area contributed by atoms with Crippen LogP contribution < -0.4 is 5.32 Å². The molecule has 0 aromatic heterocycles. The van der Waals surface area contributed by atoms with E-state index < -0.39 is 11.7 Å². The first-order valence-corrected chi connectivity index (χ1v) is 13.6. The molecule has 7 nitrogen and oxygen atoms in total. The van der Waals surface area contributed by atoms with Gasteiger partial charge in [0.25, 0.3) is 0 Å². The van der Waals surface area contributed by atoms with Crippen molar-refractivity contribution in [2.24, 2.45) is 0 Å². The van der Waals surface area contributed by atoms with Crippen molar-refractivity contribution < 1.29 is 19.1 Å². The number of ether oxygens (including phenoxy) is 2. The first-order valence-electron chi connectivity index (χ1n) is 13.6. The minimum atomic E-state index is -0.476. The van der Waals surface area contributed by atoms with Crippen molar-refractivity contribution in [3.05, 3.63) is 95.1 Å². The topological polar surface area (TPSA) is 71.1 Å². The molecule has 1 aliphatic heterocycles. The van der Waals surface area contributed by atoms with Crippen LogP contribution in [0.2, 0.25) is 0 Å². The lowest BCUT2D eigenvalue weighted by molar-refractivity contribution is 0.0139. The van der Waals surface area contributed by atoms with Gasteiger partial charge >= 0.3 is 12.2 Å². The Balaban J connectivity index is 1.06. The van der Waals surface area contributed by atoms with Gasteiger partial charge in [-0.1, -0.05) is 72.8 Å². The standard InChI is InChI=1S/C32H37N3O4/c1-32(2,3)39-31(37)35-18-16-34(17-19-35)21-24-14-12-23(13-15-24)20-33-30(36)38-22-29-27-10-6-4-8-25(27)26-9-5-7-11-28(26)29/h4-15,29H,16-22H2,1-3H3,(H,33,36). The van der Waals surface area contributed by atoms with Crippen molar-refractivity contribution in [3.8, 4) is 11.1 Å². The number of rotatable bonds is 6. The third kappa shape index (κ3) is 6.60. The number of hydrogen-bond acceptors (Lipinski definition) is 5. The van der Waals surface area contributed by atoms with E-state index in [9.17, 15) is 9.59 Å². The fourth-order valence-corrected chi connectivity index (χ4v) is 5.26. The Hall–Kier alpha value is -3.84. The zero-order valence-corrected chi connectivity index (χ0v) is 23.0. The van der Waals surface area contributed by atoms with Crippen LogP contribution in [0.1, 0.15) is 48.9 Å². The number of carbonyl (C=O) groups is 2. The van der Waals surface area contributed by atoms with E-state index in [0.717, 1.165) is 25.2 Å². The smallest absolute Gasteiger partial charge is 0.410 e. The second-order valence-corrected chi connectivity index (χ2v) is 11.2. The predicted octanol–water partition coefficient (Wildman–Crippen LogP) is 5.78. The molecule has 5 rings (SSSR count). The van der Waals surface area contributed by atoms with E-state index in [1.165, 1.54) is 27.8 Å². The molecule has 1 aliphatic carbocycles. The Morgan fingerprint density at radius 1 is 0.821 bits per heavy atom. The summed E-state index contributed by atoms with van der Waals surface area (Å²) in [7, 11) is 0. The molecule has 0 spiro atoms. The molecule has 0 atom stereocenters. The van der Waals surface area contributed by atoms with Crippen LogP contribution in [0.15, 0.2) is 72.8 Å². The molecule has 0 radical (unpaired) electrons. The highest BCUT2D eigenvalue weighted by Gasteiger charge is 2.29. The van der Waals surface area contributed by atoms with E-state index in [1.807, 2.05) is 57.2 Å². The number of carbonyl (C=O) groups excluding carboxylic acids is 2. The van der Waals surface area contributed by atoms with Crippen molar-refractivity contribution in [1.29, 1.82) is 0 Å². The van der Waals surface area contributed by atoms with E-state index in [1.54, 1.807) is 4.90 Å². The van der Waals surface area contributed by atoms with Crippen LogP contribution >= 0.6 is 0 Å². The van der Waals surface area contributed by atoms with E-state index in [-0.39, 0.29) is 12.0 Å². The summed E-state index contributed by atoms with van der Waals surface area (Å²) in [5, 5.41) is 2.88. The van der Waals surface area contributed by atoms with Crippen molar-refractivity contribution in [3.63, 3.8) is 0 Å². The Labute approximate surface area is 230 Å². The summed E-state index contributed by atoms with van der Waals surface area (Å²) >= 11 is 0. The van der Waals surface area contributed by atoms with Gasteiger partial charge in [-0.2, -0.15) is 0 Å². The van der Waals surface area contributed by atoms with E-state index in [2.05, 4.69) is 46.6 Å². The molecule has 3 aromatic rings. The molecule has 2 aliphatic rings. The lowest BCUT2D eigenvalue weighted by Gasteiger charge is -2.35.